The number of hydrogen-bond donors (Lipinski definition) is 4. The van der Waals surface area contributed by atoms with E-state index in [4.69, 9.17) is 5.14 Å². The zero-order chi connectivity index (χ0) is 21.0. The van der Waals surface area contributed by atoms with Gasteiger partial charge >= 0.3 is 0 Å². The molecule has 1 amide bonds. The Morgan fingerprint density at radius 1 is 1.03 bits per heavy atom. The van der Waals surface area contributed by atoms with E-state index in [0.29, 0.717) is 16.8 Å². The summed E-state index contributed by atoms with van der Waals surface area (Å²) >= 11 is 0. The lowest BCUT2D eigenvalue weighted by atomic mass is 10.1. The topological polar surface area (TPSA) is 145 Å². The fourth-order valence-corrected chi connectivity index (χ4v) is 3.16. The molecule has 0 aromatic heterocycles. The lowest BCUT2D eigenvalue weighted by molar-refractivity contribution is -0.112. The monoisotopic (exact) mass is 408 g/mol. The summed E-state index contributed by atoms with van der Waals surface area (Å²) in [6.45, 7) is 0. The molecule has 3 rings (SSSR count). The van der Waals surface area contributed by atoms with E-state index in [2.05, 4.69) is 10.6 Å². The molecule has 0 atom stereocenters. The molecule has 29 heavy (non-hydrogen) atoms. The third-order valence-electron chi connectivity index (χ3n) is 4.08. The van der Waals surface area contributed by atoms with Crippen molar-refractivity contribution >= 4 is 38.1 Å². The second-order valence-electron chi connectivity index (χ2n) is 6.02. The van der Waals surface area contributed by atoms with Gasteiger partial charge in [0.15, 0.2) is 0 Å². The van der Waals surface area contributed by atoms with Crippen LogP contribution in [0.25, 0.3) is 10.8 Å². The molecular weight excluding hydrogens is 392 g/mol. The fraction of sp³-hybridized carbons (Fsp3) is 0. The Balaban J connectivity index is 1.79. The standard InChI is InChI=1S/C20H16N4O4S/c21-11-13(20(26)24-14-7-9-15(10-8-14)29(22,27)28)12-23-18-5-1-4-17-16(18)3-2-6-19(17)25/h1-10,12,23,25H,(H,24,26)(H2,22,27,28)/b13-12-. The number of fused-ring (bicyclic) bond motifs is 1. The number of aromatic hydroxyl groups is 1. The average molecular weight is 408 g/mol. The van der Waals surface area contributed by atoms with Crippen LogP contribution in [-0.4, -0.2) is 19.4 Å². The quantitative estimate of drug-likeness (QED) is 0.377. The second-order valence-corrected chi connectivity index (χ2v) is 7.58. The predicted molar refractivity (Wildman–Crippen MR) is 109 cm³/mol. The van der Waals surface area contributed by atoms with E-state index in [-0.39, 0.29) is 16.2 Å². The first-order valence-electron chi connectivity index (χ1n) is 8.31. The number of anilines is 2. The molecule has 0 unspecified atom stereocenters. The van der Waals surface area contributed by atoms with Gasteiger partial charge in [-0.25, -0.2) is 13.6 Å². The molecule has 0 aliphatic rings. The van der Waals surface area contributed by atoms with E-state index in [1.807, 2.05) is 6.07 Å². The van der Waals surface area contributed by atoms with Gasteiger partial charge in [-0.3, -0.25) is 4.79 Å². The number of nitrogens with two attached hydrogens (primary N) is 1. The van der Waals surface area contributed by atoms with Crippen LogP contribution in [0.3, 0.4) is 0 Å². The first-order valence-corrected chi connectivity index (χ1v) is 9.86. The molecule has 0 spiro atoms. The van der Waals surface area contributed by atoms with E-state index < -0.39 is 15.9 Å². The van der Waals surface area contributed by atoms with Crippen molar-refractivity contribution in [2.45, 2.75) is 4.90 Å². The highest BCUT2D eigenvalue weighted by Crippen LogP contribution is 2.29. The molecule has 8 nitrogen and oxygen atoms in total. The first kappa shape index (κ1) is 19.9. The van der Waals surface area contributed by atoms with Crippen molar-refractivity contribution in [1.82, 2.24) is 0 Å². The number of sulfonamides is 1. The molecule has 3 aromatic rings. The number of nitrogens with zero attached hydrogens (tertiary/aromatic N) is 1. The van der Waals surface area contributed by atoms with Crippen LogP contribution in [0.2, 0.25) is 0 Å². The number of nitriles is 1. The number of rotatable bonds is 5. The van der Waals surface area contributed by atoms with Gasteiger partial charge in [0, 0.05) is 28.3 Å². The molecule has 3 aromatic carbocycles. The fourth-order valence-electron chi connectivity index (χ4n) is 2.64. The Hall–Kier alpha value is -3.87. The van der Waals surface area contributed by atoms with Crippen molar-refractivity contribution in [2.24, 2.45) is 5.14 Å². The van der Waals surface area contributed by atoms with Crippen LogP contribution in [0.1, 0.15) is 0 Å². The van der Waals surface area contributed by atoms with E-state index in [1.54, 1.807) is 36.4 Å². The SMILES string of the molecule is N#C/C(=C/Nc1cccc2c(O)cccc12)C(=O)Nc1ccc(S(N)(=O)=O)cc1. The number of nitrogens with one attached hydrogen (secondary N) is 2. The summed E-state index contributed by atoms with van der Waals surface area (Å²) in [5.41, 5.74) is 0.716. The number of carbonyl (C=O) groups is 1. The van der Waals surface area contributed by atoms with Crippen molar-refractivity contribution in [3.05, 3.63) is 72.4 Å². The van der Waals surface area contributed by atoms with Gasteiger partial charge in [0.05, 0.1) is 4.90 Å². The summed E-state index contributed by atoms with van der Waals surface area (Å²) in [5.74, 6) is -0.553. The maximum absolute atomic E-state index is 12.3. The Morgan fingerprint density at radius 3 is 2.34 bits per heavy atom. The van der Waals surface area contributed by atoms with Crippen LogP contribution in [-0.2, 0) is 14.8 Å². The molecule has 0 aliphatic carbocycles. The Bertz CT molecular complexity index is 1260. The number of phenols is 1. The highest BCUT2D eigenvalue weighted by atomic mass is 32.2. The van der Waals surface area contributed by atoms with E-state index in [9.17, 15) is 23.6 Å². The van der Waals surface area contributed by atoms with Crippen molar-refractivity contribution in [2.75, 3.05) is 10.6 Å². The predicted octanol–water partition coefficient (Wildman–Crippen LogP) is 2.65. The van der Waals surface area contributed by atoms with E-state index in [0.717, 1.165) is 5.39 Å². The second kappa shape index (κ2) is 8.02. The molecule has 0 saturated heterocycles. The molecule has 0 bridgehead atoms. The minimum Gasteiger partial charge on any atom is -0.507 e. The molecule has 146 valence electrons. The third-order valence-corrected chi connectivity index (χ3v) is 5.01. The normalized spacial score (nSPS) is 11.7. The lowest BCUT2D eigenvalue weighted by Gasteiger charge is -2.09. The van der Waals surface area contributed by atoms with Gasteiger partial charge in [0.25, 0.3) is 5.91 Å². The van der Waals surface area contributed by atoms with Crippen LogP contribution in [0.15, 0.2) is 77.3 Å². The summed E-state index contributed by atoms with van der Waals surface area (Å²) in [6.07, 6.45) is 1.26. The van der Waals surface area contributed by atoms with Crippen LogP contribution in [0.4, 0.5) is 11.4 Å². The van der Waals surface area contributed by atoms with Gasteiger partial charge in [-0.05, 0) is 36.4 Å². The highest BCUT2D eigenvalue weighted by molar-refractivity contribution is 7.89. The van der Waals surface area contributed by atoms with Crippen molar-refractivity contribution < 1.29 is 18.3 Å². The molecule has 0 saturated carbocycles. The maximum Gasteiger partial charge on any atom is 0.267 e. The summed E-state index contributed by atoms with van der Waals surface area (Å²) in [6, 6.07) is 17.3. The third kappa shape index (κ3) is 4.52. The number of hydrogen-bond acceptors (Lipinski definition) is 6. The zero-order valence-corrected chi connectivity index (χ0v) is 15.8. The number of carbonyl (C=O) groups excluding carboxylic acids is 1. The first-order chi connectivity index (χ1) is 13.8. The maximum atomic E-state index is 12.3. The summed E-state index contributed by atoms with van der Waals surface area (Å²) < 4.78 is 22.5. The van der Waals surface area contributed by atoms with Crippen LogP contribution in [0, 0.1) is 11.3 Å². The van der Waals surface area contributed by atoms with Crippen LogP contribution in [0.5, 0.6) is 5.75 Å². The smallest absolute Gasteiger partial charge is 0.267 e. The zero-order valence-electron chi connectivity index (χ0n) is 15.0. The number of primary sulfonamides is 1. The Kier molecular flexibility index (Phi) is 5.50. The largest absolute Gasteiger partial charge is 0.507 e. The number of amides is 1. The minimum atomic E-state index is -3.83. The molecular formula is C20H16N4O4S. The van der Waals surface area contributed by atoms with Crippen LogP contribution < -0.4 is 15.8 Å². The van der Waals surface area contributed by atoms with Gasteiger partial charge in [0.1, 0.15) is 17.4 Å². The molecule has 0 radical (unpaired) electrons. The molecule has 9 heteroatoms. The van der Waals surface area contributed by atoms with Gasteiger partial charge in [0.2, 0.25) is 10.0 Å². The van der Waals surface area contributed by atoms with Gasteiger partial charge in [-0.2, -0.15) is 5.26 Å². The van der Waals surface area contributed by atoms with Gasteiger partial charge in [-0.1, -0.05) is 24.3 Å². The summed E-state index contributed by atoms with van der Waals surface area (Å²) in [5, 5.41) is 31.0. The highest BCUT2D eigenvalue weighted by Gasteiger charge is 2.12. The van der Waals surface area contributed by atoms with E-state index in [1.165, 1.54) is 30.5 Å². The number of benzene rings is 3. The van der Waals surface area contributed by atoms with Crippen molar-refractivity contribution in [3.63, 3.8) is 0 Å². The van der Waals surface area contributed by atoms with Crippen LogP contribution >= 0.6 is 0 Å². The van der Waals surface area contributed by atoms with Gasteiger partial charge in [-0.15, -0.1) is 0 Å². The Morgan fingerprint density at radius 2 is 1.69 bits per heavy atom. The van der Waals surface area contributed by atoms with Crippen molar-refractivity contribution in [1.29, 1.82) is 5.26 Å². The molecule has 0 aliphatic heterocycles. The molecule has 5 N–H and O–H groups in total. The van der Waals surface area contributed by atoms with E-state index >= 15 is 0 Å². The lowest BCUT2D eigenvalue weighted by Crippen LogP contribution is -2.15. The molecule has 0 fully saturated rings. The Labute approximate surface area is 166 Å². The van der Waals surface area contributed by atoms with Crippen molar-refractivity contribution in [3.8, 4) is 11.8 Å². The summed E-state index contributed by atoms with van der Waals surface area (Å²) in [4.78, 5) is 12.2. The molecule has 0 heterocycles. The number of phenolic OH excluding ortho intramolecular Hbond substituents is 1. The summed E-state index contributed by atoms with van der Waals surface area (Å²) in [7, 11) is -3.83. The minimum absolute atomic E-state index is 0.0903. The van der Waals surface area contributed by atoms with Gasteiger partial charge < -0.3 is 15.7 Å². The average Bonchev–Trinajstić information content (AvgIpc) is 2.69.